The molecule has 1 fully saturated rings. The standard InChI is InChI=1S/C17H22FN5OS/c1-3-10-13(18)15-12-14(20-10)11(24)7-9-8-19-5-6-23(9)16(12)22-17(21-15)25-4-2/h9,11,19,24H,3-8H2,1-2H3. The molecule has 6 nitrogen and oxygen atoms in total. The van der Waals surface area contributed by atoms with Crippen LogP contribution in [0.25, 0.3) is 10.9 Å². The number of rotatable bonds is 3. The molecule has 0 bridgehead atoms. The Balaban J connectivity index is 2.04. The van der Waals surface area contributed by atoms with Crippen molar-refractivity contribution in [2.75, 3.05) is 30.3 Å². The van der Waals surface area contributed by atoms with Gasteiger partial charge < -0.3 is 15.3 Å². The number of anilines is 1. The summed E-state index contributed by atoms with van der Waals surface area (Å²) in [6.45, 7) is 6.28. The number of aryl methyl sites for hydroxylation is 1. The summed E-state index contributed by atoms with van der Waals surface area (Å²) in [5.74, 6) is 1.15. The Kier molecular flexibility index (Phi) is 4.51. The van der Waals surface area contributed by atoms with Crippen molar-refractivity contribution >= 4 is 28.5 Å². The first kappa shape index (κ1) is 16.9. The molecule has 0 aliphatic carbocycles. The van der Waals surface area contributed by atoms with E-state index in [2.05, 4.69) is 20.2 Å². The third-order valence-electron chi connectivity index (χ3n) is 4.88. The monoisotopic (exact) mass is 363 g/mol. The topological polar surface area (TPSA) is 74.2 Å². The largest absolute Gasteiger partial charge is 0.387 e. The highest BCUT2D eigenvalue weighted by molar-refractivity contribution is 7.99. The molecular formula is C17H22FN5OS. The van der Waals surface area contributed by atoms with Gasteiger partial charge in [0.1, 0.15) is 11.3 Å². The average Bonchev–Trinajstić information content (AvgIpc) is 2.73. The smallest absolute Gasteiger partial charge is 0.190 e. The lowest BCUT2D eigenvalue weighted by Gasteiger charge is -2.36. The van der Waals surface area contributed by atoms with Crippen molar-refractivity contribution in [1.29, 1.82) is 0 Å². The number of aliphatic hydroxyl groups is 1. The molecule has 0 aromatic carbocycles. The zero-order chi connectivity index (χ0) is 17.6. The van der Waals surface area contributed by atoms with Crippen molar-refractivity contribution in [3.05, 3.63) is 17.2 Å². The Morgan fingerprint density at radius 3 is 2.92 bits per heavy atom. The number of fused-ring (bicyclic) bond motifs is 2. The number of piperazine rings is 1. The van der Waals surface area contributed by atoms with Gasteiger partial charge >= 0.3 is 0 Å². The average molecular weight is 363 g/mol. The Bertz CT molecular complexity index is 817. The van der Waals surface area contributed by atoms with Crippen LogP contribution in [0, 0.1) is 5.82 Å². The second kappa shape index (κ2) is 6.66. The second-order valence-electron chi connectivity index (χ2n) is 6.40. The molecule has 0 amide bonds. The van der Waals surface area contributed by atoms with Crippen LogP contribution in [0.15, 0.2) is 5.16 Å². The number of hydrogen-bond acceptors (Lipinski definition) is 7. The number of aliphatic hydroxyl groups excluding tert-OH is 1. The number of nitrogens with one attached hydrogen (secondary N) is 1. The predicted molar refractivity (Wildman–Crippen MR) is 96.6 cm³/mol. The molecule has 2 atom stereocenters. The highest BCUT2D eigenvalue weighted by Gasteiger charge is 2.35. The number of pyridine rings is 1. The molecule has 2 unspecified atom stereocenters. The lowest BCUT2D eigenvalue weighted by molar-refractivity contribution is 0.152. The third kappa shape index (κ3) is 2.76. The molecule has 2 aromatic rings. The highest BCUT2D eigenvalue weighted by Crippen LogP contribution is 2.39. The number of nitrogens with zero attached hydrogens (tertiary/aromatic N) is 4. The highest BCUT2D eigenvalue weighted by atomic mass is 32.2. The van der Waals surface area contributed by atoms with Crippen LogP contribution in [-0.2, 0) is 6.42 Å². The van der Waals surface area contributed by atoms with Gasteiger partial charge in [-0.05, 0) is 12.2 Å². The maximum atomic E-state index is 15.0. The summed E-state index contributed by atoms with van der Waals surface area (Å²) in [5, 5.41) is 15.3. The van der Waals surface area contributed by atoms with Gasteiger partial charge in [0.05, 0.1) is 22.9 Å². The van der Waals surface area contributed by atoms with Crippen LogP contribution in [0.1, 0.15) is 37.8 Å². The van der Waals surface area contributed by atoms with E-state index >= 15 is 4.39 Å². The minimum Gasteiger partial charge on any atom is -0.387 e. The van der Waals surface area contributed by atoms with Crippen LogP contribution in [0.4, 0.5) is 10.2 Å². The summed E-state index contributed by atoms with van der Waals surface area (Å²) < 4.78 is 15.0. The molecular weight excluding hydrogens is 341 g/mol. The number of aromatic nitrogens is 3. The molecule has 2 aromatic heterocycles. The zero-order valence-electron chi connectivity index (χ0n) is 14.4. The molecule has 4 heterocycles. The van der Waals surface area contributed by atoms with Crippen LogP contribution < -0.4 is 10.2 Å². The molecule has 4 rings (SSSR count). The lowest BCUT2D eigenvalue weighted by atomic mass is 10.0. The number of halogens is 1. The molecule has 2 aliphatic heterocycles. The van der Waals surface area contributed by atoms with E-state index in [0.717, 1.165) is 25.4 Å². The molecule has 0 radical (unpaired) electrons. The summed E-state index contributed by atoms with van der Waals surface area (Å²) in [4.78, 5) is 15.9. The van der Waals surface area contributed by atoms with E-state index in [1.165, 1.54) is 11.8 Å². The molecule has 134 valence electrons. The maximum absolute atomic E-state index is 15.0. The summed E-state index contributed by atoms with van der Waals surface area (Å²) in [6, 6.07) is 0.115. The first-order valence-electron chi connectivity index (χ1n) is 8.82. The van der Waals surface area contributed by atoms with Crippen LogP contribution in [-0.4, -0.2) is 51.5 Å². The fourth-order valence-corrected chi connectivity index (χ4v) is 4.27. The van der Waals surface area contributed by atoms with E-state index < -0.39 is 6.10 Å². The van der Waals surface area contributed by atoms with Crippen molar-refractivity contribution in [3.63, 3.8) is 0 Å². The molecule has 25 heavy (non-hydrogen) atoms. The molecule has 2 aliphatic rings. The lowest BCUT2D eigenvalue weighted by Crippen LogP contribution is -2.51. The van der Waals surface area contributed by atoms with Gasteiger partial charge in [0.2, 0.25) is 0 Å². The third-order valence-corrected chi connectivity index (χ3v) is 5.61. The van der Waals surface area contributed by atoms with Gasteiger partial charge in [-0.1, -0.05) is 25.6 Å². The Hall–Kier alpha value is -1.51. The molecule has 1 saturated heterocycles. The van der Waals surface area contributed by atoms with E-state index in [0.29, 0.717) is 46.1 Å². The predicted octanol–water partition coefficient (Wildman–Crippen LogP) is 2.05. The van der Waals surface area contributed by atoms with Gasteiger partial charge in [0, 0.05) is 32.1 Å². The van der Waals surface area contributed by atoms with Crippen LogP contribution in [0.3, 0.4) is 0 Å². The van der Waals surface area contributed by atoms with Gasteiger partial charge in [0.25, 0.3) is 0 Å². The van der Waals surface area contributed by atoms with E-state index in [9.17, 15) is 5.11 Å². The Morgan fingerprint density at radius 2 is 2.16 bits per heavy atom. The number of hydrogen-bond donors (Lipinski definition) is 2. The second-order valence-corrected chi connectivity index (χ2v) is 7.63. The van der Waals surface area contributed by atoms with Crippen molar-refractivity contribution in [3.8, 4) is 0 Å². The van der Waals surface area contributed by atoms with Gasteiger partial charge in [0.15, 0.2) is 11.0 Å². The van der Waals surface area contributed by atoms with Crippen molar-refractivity contribution in [1.82, 2.24) is 20.3 Å². The summed E-state index contributed by atoms with van der Waals surface area (Å²) in [5.41, 5.74) is 1.17. The molecule has 0 spiro atoms. The first-order chi connectivity index (χ1) is 12.1. The Morgan fingerprint density at radius 1 is 1.32 bits per heavy atom. The SMILES string of the molecule is CCSc1nc2c3c(nc(CC)c(F)c3n1)C(O)CC1CNCCN21. The van der Waals surface area contributed by atoms with E-state index in [-0.39, 0.29) is 11.9 Å². The minimum atomic E-state index is -0.740. The van der Waals surface area contributed by atoms with Crippen molar-refractivity contribution < 1.29 is 9.50 Å². The first-order valence-corrected chi connectivity index (χ1v) is 9.80. The maximum Gasteiger partial charge on any atom is 0.190 e. The molecule has 8 heteroatoms. The van der Waals surface area contributed by atoms with Gasteiger partial charge in [-0.3, -0.25) is 4.98 Å². The number of thioether (sulfide) groups is 1. The normalized spacial score (nSPS) is 22.8. The zero-order valence-corrected chi connectivity index (χ0v) is 15.2. The molecule has 2 N–H and O–H groups in total. The van der Waals surface area contributed by atoms with Crippen molar-refractivity contribution in [2.24, 2.45) is 0 Å². The van der Waals surface area contributed by atoms with E-state index in [1.54, 1.807) is 0 Å². The van der Waals surface area contributed by atoms with Gasteiger partial charge in [-0.25, -0.2) is 14.4 Å². The Labute approximate surface area is 150 Å². The molecule has 0 saturated carbocycles. The van der Waals surface area contributed by atoms with Crippen LogP contribution in [0.2, 0.25) is 0 Å². The summed E-state index contributed by atoms with van der Waals surface area (Å²) in [6.07, 6.45) is 0.276. The summed E-state index contributed by atoms with van der Waals surface area (Å²) in [7, 11) is 0. The van der Waals surface area contributed by atoms with Crippen LogP contribution in [0.5, 0.6) is 0 Å². The minimum absolute atomic E-state index is 0.115. The van der Waals surface area contributed by atoms with Gasteiger partial charge in [-0.15, -0.1) is 0 Å². The van der Waals surface area contributed by atoms with E-state index in [1.807, 2.05) is 13.8 Å². The van der Waals surface area contributed by atoms with Crippen LogP contribution >= 0.6 is 11.8 Å². The van der Waals surface area contributed by atoms with Crippen molar-refractivity contribution in [2.45, 2.75) is 44.0 Å². The quantitative estimate of drug-likeness (QED) is 0.639. The fourth-order valence-electron chi connectivity index (χ4n) is 3.71. The van der Waals surface area contributed by atoms with Gasteiger partial charge in [-0.2, -0.15) is 0 Å². The van der Waals surface area contributed by atoms with E-state index in [4.69, 9.17) is 4.98 Å². The summed E-state index contributed by atoms with van der Waals surface area (Å²) >= 11 is 1.50. The fraction of sp³-hybridized carbons (Fsp3) is 0.588.